The second-order valence-electron chi connectivity index (χ2n) is 4.25. The summed E-state index contributed by atoms with van der Waals surface area (Å²) >= 11 is 0. The molecule has 3 heteroatoms. The van der Waals surface area contributed by atoms with Crippen LogP contribution in [0.2, 0.25) is 0 Å². The van der Waals surface area contributed by atoms with Crippen molar-refractivity contribution in [3.05, 3.63) is 60.2 Å². The molecule has 92 valence electrons. The summed E-state index contributed by atoms with van der Waals surface area (Å²) in [6.45, 7) is 1.05. The third kappa shape index (κ3) is 2.25. The maximum Gasteiger partial charge on any atom is 0.345 e. The maximum absolute atomic E-state index is 13.9. The van der Waals surface area contributed by atoms with Crippen molar-refractivity contribution in [2.45, 2.75) is 12.6 Å². The molecule has 0 heterocycles. The fourth-order valence-corrected chi connectivity index (χ4v) is 1.73. The number of carbonyl (C=O) groups is 1. The molecule has 0 aliphatic rings. The van der Waals surface area contributed by atoms with Crippen molar-refractivity contribution in [3.63, 3.8) is 0 Å². The number of carboxylic acid groups (broad SMARTS) is 1. The summed E-state index contributed by atoms with van der Waals surface area (Å²) in [7, 11) is 0. The number of halogens is 1. The minimum absolute atomic E-state index is 0.148. The molecule has 2 aromatic carbocycles. The van der Waals surface area contributed by atoms with E-state index in [1.807, 2.05) is 30.3 Å². The fourth-order valence-electron chi connectivity index (χ4n) is 1.73. The van der Waals surface area contributed by atoms with Gasteiger partial charge in [0, 0.05) is 5.56 Å². The van der Waals surface area contributed by atoms with Crippen molar-refractivity contribution in [2.75, 3.05) is 0 Å². The van der Waals surface area contributed by atoms with Gasteiger partial charge in [0.15, 0.2) is 0 Å². The van der Waals surface area contributed by atoms with Gasteiger partial charge in [-0.25, -0.2) is 9.18 Å². The van der Waals surface area contributed by atoms with Crippen LogP contribution >= 0.6 is 0 Å². The molecule has 0 unspecified atom stereocenters. The Balaban J connectivity index is 2.35. The lowest BCUT2D eigenvalue weighted by atomic mass is 9.95. The molecule has 0 spiro atoms. The van der Waals surface area contributed by atoms with Crippen LogP contribution < -0.4 is 0 Å². The third-order valence-corrected chi connectivity index (χ3v) is 2.94. The van der Waals surface area contributed by atoms with E-state index >= 15 is 0 Å². The molecule has 0 amide bonds. The Kier molecular flexibility index (Phi) is 3.15. The molecule has 0 saturated heterocycles. The molecule has 1 N–H and O–H groups in total. The first-order valence-corrected chi connectivity index (χ1v) is 5.60. The normalized spacial score (nSPS) is 13.9. The Bertz CT molecular complexity index is 544. The molecule has 0 radical (unpaired) electrons. The van der Waals surface area contributed by atoms with E-state index in [0.717, 1.165) is 18.1 Å². The first kappa shape index (κ1) is 12.3. The molecule has 18 heavy (non-hydrogen) atoms. The van der Waals surface area contributed by atoms with Gasteiger partial charge in [0.25, 0.3) is 0 Å². The van der Waals surface area contributed by atoms with E-state index in [0.29, 0.717) is 0 Å². The van der Waals surface area contributed by atoms with Crippen LogP contribution in [0.4, 0.5) is 4.39 Å². The summed E-state index contributed by atoms with van der Waals surface area (Å²) < 4.78 is 13.9. The van der Waals surface area contributed by atoms with E-state index in [4.69, 9.17) is 5.11 Å². The predicted octanol–water partition coefficient (Wildman–Crippen LogP) is 3.62. The molecule has 0 aromatic heterocycles. The van der Waals surface area contributed by atoms with Crippen molar-refractivity contribution in [1.82, 2.24) is 0 Å². The number of benzene rings is 2. The Morgan fingerprint density at radius 2 is 1.50 bits per heavy atom. The molecule has 2 rings (SSSR count). The molecule has 1 atom stereocenters. The minimum atomic E-state index is -2.35. The standard InChI is InChI=1S/C15H13FO2/c1-15(16,14(17)18)13-9-7-12(8-10-13)11-5-3-2-4-6-11/h2-10H,1H3,(H,17,18)/t15-/m1/s1. The lowest BCUT2D eigenvalue weighted by molar-refractivity contribution is -0.150. The molecule has 0 aliphatic carbocycles. The highest BCUT2D eigenvalue weighted by Crippen LogP contribution is 2.28. The summed E-state index contributed by atoms with van der Waals surface area (Å²) in [6, 6.07) is 16.1. The first-order chi connectivity index (χ1) is 8.51. The molecule has 2 aromatic rings. The Labute approximate surface area is 105 Å². The largest absolute Gasteiger partial charge is 0.479 e. The molecule has 0 aliphatic heterocycles. The van der Waals surface area contributed by atoms with Gasteiger partial charge in [-0.2, -0.15) is 0 Å². The number of hydrogen-bond donors (Lipinski definition) is 1. The van der Waals surface area contributed by atoms with E-state index in [9.17, 15) is 9.18 Å². The smallest absolute Gasteiger partial charge is 0.345 e. The second-order valence-corrected chi connectivity index (χ2v) is 4.25. The van der Waals surface area contributed by atoms with Gasteiger partial charge in [0.1, 0.15) is 0 Å². The number of hydrogen-bond acceptors (Lipinski definition) is 1. The molecule has 0 fully saturated rings. The number of carboxylic acids is 1. The van der Waals surface area contributed by atoms with E-state index in [1.165, 1.54) is 12.1 Å². The highest BCUT2D eigenvalue weighted by atomic mass is 19.1. The van der Waals surface area contributed by atoms with E-state index in [2.05, 4.69) is 0 Å². The second kappa shape index (κ2) is 4.61. The van der Waals surface area contributed by atoms with Crippen molar-refractivity contribution in [3.8, 4) is 11.1 Å². The van der Waals surface area contributed by atoms with Gasteiger partial charge in [-0.1, -0.05) is 54.6 Å². The Morgan fingerprint density at radius 1 is 1.00 bits per heavy atom. The molecular weight excluding hydrogens is 231 g/mol. The predicted molar refractivity (Wildman–Crippen MR) is 68.0 cm³/mol. The van der Waals surface area contributed by atoms with Crippen LogP contribution in [0.1, 0.15) is 12.5 Å². The van der Waals surface area contributed by atoms with Crippen LogP contribution in [-0.2, 0) is 10.5 Å². The minimum Gasteiger partial charge on any atom is -0.479 e. The van der Waals surface area contributed by atoms with Crippen LogP contribution in [0.3, 0.4) is 0 Å². The van der Waals surface area contributed by atoms with E-state index < -0.39 is 11.6 Å². The first-order valence-electron chi connectivity index (χ1n) is 5.60. The van der Waals surface area contributed by atoms with Crippen LogP contribution in [0, 0.1) is 0 Å². The Morgan fingerprint density at radius 3 is 2.00 bits per heavy atom. The van der Waals surface area contributed by atoms with Crippen LogP contribution in [0.5, 0.6) is 0 Å². The number of rotatable bonds is 3. The van der Waals surface area contributed by atoms with Crippen molar-refractivity contribution >= 4 is 5.97 Å². The van der Waals surface area contributed by atoms with Crippen LogP contribution in [0.25, 0.3) is 11.1 Å². The zero-order valence-corrected chi connectivity index (χ0v) is 9.93. The van der Waals surface area contributed by atoms with Gasteiger partial charge >= 0.3 is 5.97 Å². The maximum atomic E-state index is 13.9. The molecule has 0 saturated carbocycles. The van der Waals surface area contributed by atoms with Crippen molar-refractivity contribution < 1.29 is 14.3 Å². The van der Waals surface area contributed by atoms with E-state index in [-0.39, 0.29) is 5.56 Å². The van der Waals surface area contributed by atoms with Gasteiger partial charge in [-0.05, 0) is 18.1 Å². The summed E-state index contributed by atoms with van der Waals surface area (Å²) in [6.07, 6.45) is 0. The summed E-state index contributed by atoms with van der Waals surface area (Å²) in [5.41, 5.74) is -0.259. The average molecular weight is 244 g/mol. The lowest BCUT2D eigenvalue weighted by Crippen LogP contribution is -2.26. The van der Waals surface area contributed by atoms with Gasteiger partial charge in [-0.15, -0.1) is 0 Å². The number of alkyl halides is 1. The van der Waals surface area contributed by atoms with Crippen molar-refractivity contribution in [2.24, 2.45) is 0 Å². The quantitative estimate of drug-likeness (QED) is 0.895. The molecule has 0 bridgehead atoms. The fraction of sp³-hybridized carbons (Fsp3) is 0.133. The third-order valence-electron chi connectivity index (χ3n) is 2.94. The lowest BCUT2D eigenvalue weighted by Gasteiger charge is -2.15. The molecule has 2 nitrogen and oxygen atoms in total. The monoisotopic (exact) mass is 244 g/mol. The van der Waals surface area contributed by atoms with Gasteiger partial charge in [0.05, 0.1) is 0 Å². The highest BCUT2D eigenvalue weighted by Gasteiger charge is 2.34. The summed E-state index contributed by atoms with van der Waals surface area (Å²) in [5, 5.41) is 8.81. The zero-order valence-electron chi connectivity index (χ0n) is 9.93. The van der Waals surface area contributed by atoms with Gasteiger partial charge in [-0.3, -0.25) is 0 Å². The topological polar surface area (TPSA) is 37.3 Å². The summed E-state index contributed by atoms with van der Waals surface area (Å²) in [5.74, 6) is -1.48. The van der Waals surface area contributed by atoms with Gasteiger partial charge in [0.2, 0.25) is 5.67 Å². The van der Waals surface area contributed by atoms with Crippen molar-refractivity contribution in [1.29, 1.82) is 0 Å². The Hall–Kier alpha value is -2.16. The zero-order chi connectivity index (χ0) is 13.2. The van der Waals surface area contributed by atoms with Crippen LogP contribution in [-0.4, -0.2) is 11.1 Å². The van der Waals surface area contributed by atoms with Gasteiger partial charge < -0.3 is 5.11 Å². The number of aliphatic carboxylic acids is 1. The highest BCUT2D eigenvalue weighted by molar-refractivity contribution is 5.79. The summed E-state index contributed by atoms with van der Waals surface area (Å²) in [4.78, 5) is 10.8. The van der Waals surface area contributed by atoms with E-state index in [1.54, 1.807) is 12.1 Å². The average Bonchev–Trinajstić information content (AvgIpc) is 2.40. The SMILES string of the molecule is C[C@](F)(C(=O)O)c1ccc(-c2ccccc2)cc1. The molecular formula is C15H13FO2. The van der Waals surface area contributed by atoms with Crippen LogP contribution in [0.15, 0.2) is 54.6 Å².